The van der Waals surface area contributed by atoms with Gasteiger partial charge in [0.15, 0.2) is 5.82 Å². The number of fused-ring (bicyclic) bond motifs is 1. The maximum atomic E-state index is 12.1. The van der Waals surface area contributed by atoms with Crippen LogP contribution in [0.1, 0.15) is 54.9 Å². The van der Waals surface area contributed by atoms with E-state index in [1.165, 1.54) is 0 Å². The number of carbonyl (C=O) groups is 1. The molecule has 0 fully saturated rings. The molecule has 1 aromatic heterocycles. The van der Waals surface area contributed by atoms with Gasteiger partial charge in [-0.3, -0.25) is 9.36 Å². The highest BCUT2D eigenvalue weighted by Gasteiger charge is 2.24. The van der Waals surface area contributed by atoms with E-state index in [0.29, 0.717) is 29.4 Å². The number of amides is 1. The van der Waals surface area contributed by atoms with Crippen molar-refractivity contribution in [1.82, 2.24) is 14.8 Å². The van der Waals surface area contributed by atoms with Crippen molar-refractivity contribution in [3.05, 3.63) is 47.3 Å². The normalized spacial score (nSPS) is 12.6. The van der Waals surface area contributed by atoms with E-state index in [4.69, 9.17) is 10.5 Å². The van der Waals surface area contributed by atoms with Crippen molar-refractivity contribution >= 4 is 11.6 Å². The van der Waals surface area contributed by atoms with Crippen LogP contribution in [0, 0.1) is 0 Å². The molecule has 0 radical (unpaired) electrons. The minimum absolute atomic E-state index is 0.00278. The Morgan fingerprint density at radius 2 is 2.10 bits per heavy atom. The van der Waals surface area contributed by atoms with Gasteiger partial charge in [-0.15, -0.1) is 10.2 Å². The molecule has 0 bridgehead atoms. The third-order valence-electron chi connectivity index (χ3n) is 5.39. The molecule has 0 saturated heterocycles. The highest BCUT2D eigenvalue weighted by atomic mass is 16.5. The van der Waals surface area contributed by atoms with Crippen LogP contribution in [0.15, 0.2) is 30.3 Å². The van der Waals surface area contributed by atoms with Crippen molar-refractivity contribution < 1.29 is 14.6 Å². The van der Waals surface area contributed by atoms with E-state index in [1.807, 2.05) is 31.2 Å². The molecular weight excluding hydrogens is 394 g/mol. The van der Waals surface area contributed by atoms with E-state index in [1.54, 1.807) is 10.6 Å². The Hall–Kier alpha value is -3.55. The molecule has 2 aromatic carbocycles. The Labute approximate surface area is 181 Å². The summed E-state index contributed by atoms with van der Waals surface area (Å²) in [5, 5.41) is 22.4. The number of hydrogen-bond acceptors (Lipinski definition) is 6. The molecule has 0 atom stereocenters. The van der Waals surface area contributed by atoms with Gasteiger partial charge in [0.2, 0.25) is 5.82 Å². The number of nitrogens with zero attached hydrogens (tertiary/aromatic N) is 3. The van der Waals surface area contributed by atoms with Gasteiger partial charge in [0.05, 0.1) is 12.2 Å². The van der Waals surface area contributed by atoms with Gasteiger partial charge in [-0.05, 0) is 54.2 Å². The Kier molecular flexibility index (Phi) is 5.54. The smallest absolute Gasteiger partial charge is 0.287 e. The summed E-state index contributed by atoms with van der Waals surface area (Å²) in [6, 6.07) is 9.30. The Morgan fingerprint density at radius 3 is 2.81 bits per heavy atom. The van der Waals surface area contributed by atoms with Crippen molar-refractivity contribution in [2.75, 3.05) is 18.5 Å². The molecule has 0 aliphatic carbocycles. The quantitative estimate of drug-likeness (QED) is 0.537. The first-order valence-electron chi connectivity index (χ1n) is 10.5. The Balaban J connectivity index is 1.89. The number of ether oxygens (including phenoxy) is 1. The van der Waals surface area contributed by atoms with Gasteiger partial charge >= 0.3 is 0 Å². The summed E-state index contributed by atoms with van der Waals surface area (Å²) in [7, 11) is 0. The van der Waals surface area contributed by atoms with Crippen molar-refractivity contribution in [2.24, 2.45) is 5.73 Å². The number of nitrogens with two attached hydrogens (primary N) is 1. The molecule has 1 aliphatic rings. The molecule has 31 heavy (non-hydrogen) atoms. The number of nitrogens with one attached hydrogen (secondary N) is 1. The number of phenols is 1. The number of rotatable bonds is 7. The number of anilines is 1. The van der Waals surface area contributed by atoms with Crippen LogP contribution in [0.5, 0.6) is 11.5 Å². The zero-order chi connectivity index (χ0) is 22.1. The monoisotopic (exact) mass is 421 g/mol. The van der Waals surface area contributed by atoms with E-state index in [0.717, 1.165) is 36.2 Å². The van der Waals surface area contributed by atoms with Gasteiger partial charge in [-0.25, -0.2) is 0 Å². The summed E-state index contributed by atoms with van der Waals surface area (Å²) in [4.78, 5) is 12.1. The van der Waals surface area contributed by atoms with Crippen molar-refractivity contribution in [1.29, 1.82) is 0 Å². The third-order valence-corrected chi connectivity index (χ3v) is 5.39. The standard InChI is InChI=1S/C23H27N5O3/c1-4-9-31-20-12-19(29)17(11-16(20)13(2)3)22-26-27-23(21(24)30)28(22)15-5-6-18-14(10-15)7-8-25-18/h5-6,10-13,25,29H,4,7-9H2,1-3H3,(H2,24,30). The summed E-state index contributed by atoms with van der Waals surface area (Å²) in [5.74, 6) is 0.470. The maximum Gasteiger partial charge on any atom is 0.287 e. The van der Waals surface area contributed by atoms with Crippen LogP contribution in [0.2, 0.25) is 0 Å². The highest BCUT2D eigenvalue weighted by Crippen LogP contribution is 2.39. The van der Waals surface area contributed by atoms with Crippen LogP contribution in [0.3, 0.4) is 0 Å². The van der Waals surface area contributed by atoms with E-state index in [9.17, 15) is 9.90 Å². The fourth-order valence-corrected chi connectivity index (χ4v) is 3.85. The molecule has 2 heterocycles. The van der Waals surface area contributed by atoms with Crippen molar-refractivity contribution in [2.45, 2.75) is 39.5 Å². The number of hydrogen-bond donors (Lipinski definition) is 3. The second-order valence-electron chi connectivity index (χ2n) is 7.98. The van der Waals surface area contributed by atoms with Gasteiger partial charge in [0, 0.05) is 24.0 Å². The van der Waals surface area contributed by atoms with Crippen LogP contribution < -0.4 is 15.8 Å². The molecule has 162 valence electrons. The van der Waals surface area contributed by atoms with E-state index in [-0.39, 0.29) is 17.5 Å². The largest absolute Gasteiger partial charge is 0.507 e. The molecule has 4 N–H and O–H groups in total. The summed E-state index contributed by atoms with van der Waals surface area (Å²) >= 11 is 0. The van der Waals surface area contributed by atoms with Crippen LogP contribution in [-0.2, 0) is 6.42 Å². The lowest BCUT2D eigenvalue weighted by Crippen LogP contribution is -2.18. The lowest BCUT2D eigenvalue weighted by atomic mass is 9.98. The predicted molar refractivity (Wildman–Crippen MR) is 119 cm³/mol. The van der Waals surface area contributed by atoms with Gasteiger partial charge in [-0.2, -0.15) is 0 Å². The summed E-state index contributed by atoms with van der Waals surface area (Å²) in [6.07, 6.45) is 1.75. The first kappa shape index (κ1) is 20.7. The highest BCUT2D eigenvalue weighted by molar-refractivity contribution is 5.91. The average molecular weight is 422 g/mol. The maximum absolute atomic E-state index is 12.1. The van der Waals surface area contributed by atoms with E-state index in [2.05, 4.69) is 29.4 Å². The zero-order valence-electron chi connectivity index (χ0n) is 18.0. The van der Waals surface area contributed by atoms with Gasteiger partial charge in [0.1, 0.15) is 11.5 Å². The van der Waals surface area contributed by atoms with Gasteiger partial charge < -0.3 is 20.9 Å². The second kappa shape index (κ2) is 8.29. The van der Waals surface area contributed by atoms with Crippen molar-refractivity contribution in [3.63, 3.8) is 0 Å². The van der Waals surface area contributed by atoms with Gasteiger partial charge in [-0.1, -0.05) is 20.8 Å². The van der Waals surface area contributed by atoms with Crippen LogP contribution in [0.4, 0.5) is 5.69 Å². The number of benzene rings is 2. The van der Waals surface area contributed by atoms with E-state index < -0.39 is 5.91 Å². The van der Waals surface area contributed by atoms with Crippen molar-refractivity contribution in [3.8, 4) is 28.6 Å². The molecule has 4 rings (SSSR count). The minimum Gasteiger partial charge on any atom is -0.507 e. The average Bonchev–Trinajstić information content (AvgIpc) is 3.38. The summed E-state index contributed by atoms with van der Waals surface area (Å²) in [5.41, 5.74) is 9.93. The molecule has 0 unspecified atom stereocenters. The zero-order valence-corrected chi connectivity index (χ0v) is 18.0. The molecule has 8 nitrogen and oxygen atoms in total. The molecular formula is C23H27N5O3. The molecule has 1 aliphatic heterocycles. The number of phenolic OH excluding ortho intramolecular Hbond substituents is 1. The predicted octanol–water partition coefficient (Wildman–Crippen LogP) is 3.62. The number of aromatic nitrogens is 3. The van der Waals surface area contributed by atoms with Gasteiger partial charge in [0.25, 0.3) is 5.91 Å². The molecule has 3 aromatic rings. The Bertz CT molecular complexity index is 1140. The first-order valence-corrected chi connectivity index (χ1v) is 10.5. The molecule has 0 spiro atoms. The summed E-state index contributed by atoms with van der Waals surface area (Å²) in [6.45, 7) is 7.57. The number of carbonyl (C=O) groups excluding carboxylic acids is 1. The number of primary amides is 1. The number of aromatic hydroxyl groups is 1. The molecule has 1 amide bonds. The van der Waals surface area contributed by atoms with Crippen LogP contribution in [0.25, 0.3) is 17.1 Å². The summed E-state index contributed by atoms with van der Waals surface area (Å²) < 4.78 is 7.45. The Morgan fingerprint density at radius 1 is 1.29 bits per heavy atom. The third kappa shape index (κ3) is 3.81. The lowest BCUT2D eigenvalue weighted by Gasteiger charge is -2.17. The molecule has 8 heteroatoms. The SMILES string of the molecule is CCCOc1cc(O)c(-c2nnc(C(N)=O)n2-c2ccc3c(c2)CCN3)cc1C(C)C. The molecule has 0 saturated carbocycles. The second-order valence-corrected chi connectivity index (χ2v) is 7.98. The first-order chi connectivity index (χ1) is 14.9. The fraction of sp³-hybridized carbons (Fsp3) is 0.348. The minimum atomic E-state index is -0.691. The van der Waals surface area contributed by atoms with Crippen LogP contribution in [-0.4, -0.2) is 38.9 Å². The lowest BCUT2D eigenvalue weighted by molar-refractivity contribution is 0.0988. The topological polar surface area (TPSA) is 115 Å². The van der Waals surface area contributed by atoms with E-state index >= 15 is 0 Å². The fourth-order valence-electron chi connectivity index (χ4n) is 3.85. The van der Waals surface area contributed by atoms with Crippen LogP contribution >= 0.6 is 0 Å².